The molecule has 0 spiro atoms. The summed E-state index contributed by atoms with van der Waals surface area (Å²) >= 11 is 0. The highest BCUT2D eigenvalue weighted by Crippen LogP contribution is 2.33. The fraction of sp³-hybridized carbons (Fsp3) is 0.312. The first kappa shape index (κ1) is 20.6. The molecule has 2 heterocycles. The summed E-state index contributed by atoms with van der Waals surface area (Å²) in [5.74, 6) is 0. The number of nitrogens with one attached hydrogen (secondary N) is 2. The highest BCUT2D eigenvalue weighted by Gasteiger charge is 2.37. The van der Waals surface area contributed by atoms with Crippen LogP contribution in [0.3, 0.4) is 0 Å². The molecule has 2 N–H and O–H groups in total. The molecule has 0 amide bonds. The molecule has 0 saturated heterocycles. The number of halogens is 4. The zero-order valence-electron chi connectivity index (χ0n) is 13.5. The number of hydrogen-bond acceptors (Lipinski definition) is 4. The third-order valence-corrected chi connectivity index (χ3v) is 5.52. The molecule has 1 atom stereocenters. The molecule has 0 aliphatic carbocycles. The van der Waals surface area contributed by atoms with Crippen molar-refractivity contribution in [2.75, 3.05) is 13.1 Å². The van der Waals surface area contributed by atoms with Gasteiger partial charge in [0.15, 0.2) is 0 Å². The van der Waals surface area contributed by atoms with Gasteiger partial charge >= 0.3 is 6.18 Å². The maximum atomic E-state index is 13.0. The van der Waals surface area contributed by atoms with E-state index >= 15 is 0 Å². The zero-order valence-corrected chi connectivity index (χ0v) is 15.1. The summed E-state index contributed by atoms with van der Waals surface area (Å²) in [5.41, 5.74) is 0.813. The van der Waals surface area contributed by atoms with Crippen molar-refractivity contribution in [2.24, 2.45) is 0 Å². The lowest BCUT2D eigenvalue weighted by Crippen LogP contribution is -2.39. The summed E-state index contributed by atoms with van der Waals surface area (Å²) in [4.78, 5) is 2.65. The van der Waals surface area contributed by atoms with Gasteiger partial charge in [0, 0.05) is 25.0 Å². The lowest BCUT2D eigenvalue weighted by molar-refractivity contribution is -0.140. The van der Waals surface area contributed by atoms with Crippen molar-refractivity contribution in [2.45, 2.75) is 23.5 Å². The summed E-state index contributed by atoms with van der Waals surface area (Å²) < 4.78 is 66.1. The van der Waals surface area contributed by atoms with Gasteiger partial charge in [-0.3, -0.25) is 4.98 Å². The van der Waals surface area contributed by atoms with E-state index in [-0.39, 0.29) is 25.0 Å². The second-order valence-corrected chi connectivity index (χ2v) is 7.41. The Kier molecular flexibility index (Phi) is 6.28. The van der Waals surface area contributed by atoms with E-state index in [4.69, 9.17) is 0 Å². The van der Waals surface area contributed by atoms with Gasteiger partial charge in [-0.2, -0.15) is 13.2 Å². The summed E-state index contributed by atoms with van der Waals surface area (Å²) in [6.07, 6.45) is -2.32. The van der Waals surface area contributed by atoms with E-state index in [0.717, 1.165) is 23.7 Å². The van der Waals surface area contributed by atoms with Gasteiger partial charge in [-0.15, -0.1) is 12.4 Å². The molecule has 3 rings (SSSR count). The fourth-order valence-electron chi connectivity index (χ4n) is 2.87. The number of aromatic nitrogens is 1. The van der Waals surface area contributed by atoms with E-state index in [0.29, 0.717) is 18.8 Å². The molecule has 5 nitrogen and oxygen atoms in total. The molecular weight excluding hydrogens is 391 g/mol. The van der Waals surface area contributed by atoms with Crippen LogP contribution in [0.4, 0.5) is 13.2 Å². The third kappa shape index (κ3) is 4.35. The predicted molar refractivity (Wildman–Crippen MR) is 92.6 cm³/mol. The van der Waals surface area contributed by atoms with Crippen molar-refractivity contribution >= 4 is 22.4 Å². The van der Waals surface area contributed by atoms with Crippen LogP contribution >= 0.6 is 12.4 Å². The smallest absolute Gasteiger partial charge is 0.308 e. The minimum Gasteiger partial charge on any atom is -0.308 e. The van der Waals surface area contributed by atoms with Gasteiger partial charge < -0.3 is 5.32 Å². The average molecular weight is 408 g/mol. The Morgan fingerprint density at radius 3 is 2.69 bits per heavy atom. The van der Waals surface area contributed by atoms with Crippen LogP contribution in [0.5, 0.6) is 0 Å². The molecular formula is C16H17ClF3N3O2S. The maximum Gasteiger partial charge on any atom is 0.417 e. The van der Waals surface area contributed by atoms with Gasteiger partial charge in [0.1, 0.15) is 4.90 Å². The summed E-state index contributed by atoms with van der Waals surface area (Å²) in [6, 6.07) is 7.94. The van der Waals surface area contributed by atoms with Crippen molar-refractivity contribution in [3.63, 3.8) is 0 Å². The molecule has 1 aliphatic rings. The van der Waals surface area contributed by atoms with Crippen LogP contribution in [0.25, 0.3) is 0 Å². The molecule has 0 bridgehead atoms. The molecule has 0 radical (unpaired) electrons. The van der Waals surface area contributed by atoms with Crippen LogP contribution in [-0.4, -0.2) is 26.5 Å². The summed E-state index contributed by atoms with van der Waals surface area (Å²) in [7, 11) is -4.35. The monoisotopic (exact) mass is 407 g/mol. The number of alkyl halides is 3. The number of benzene rings is 1. The quantitative estimate of drug-likeness (QED) is 0.817. The largest absolute Gasteiger partial charge is 0.417 e. The standard InChI is InChI=1S/C16H16F3N3O2S.ClH/c17-16(18,19)13-6-7-20-10-15(13)25(23,24)22-9-14-12-4-2-1-3-11(12)5-8-21-14;/h1-4,6-7,10,14,21-22H,5,8-9H2;1H. The van der Waals surface area contributed by atoms with Crippen LogP contribution in [-0.2, 0) is 22.6 Å². The maximum absolute atomic E-state index is 13.0. The molecule has 1 aromatic heterocycles. The SMILES string of the molecule is Cl.O=S(=O)(NCC1NCCc2ccccc21)c1cnccc1C(F)(F)F. The normalized spacial score (nSPS) is 17.3. The van der Waals surface area contributed by atoms with E-state index < -0.39 is 26.7 Å². The number of rotatable bonds is 4. The van der Waals surface area contributed by atoms with Crippen LogP contribution in [0.1, 0.15) is 22.7 Å². The van der Waals surface area contributed by atoms with Crippen LogP contribution in [0.15, 0.2) is 47.6 Å². The molecule has 0 saturated carbocycles. The molecule has 10 heteroatoms. The van der Waals surface area contributed by atoms with Gasteiger partial charge in [0.25, 0.3) is 0 Å². The fourth-order valence-corrected chi connectivity index (χ4v) is 4.09. The first-order chi connectivity index (χ1) is 11.8. The molecule has 1 aromatic carbocycles. The van der Waals surface area contributed by atoms with E-state index in [9.17, 15) is 21.6 Å². The Morgan fingerprint density at radius 1 is 1.23 bits per heavy atom. The molecule has 26 heavy (non-hydrogen) atoms. The lowest BCUT2D eigenvalue weighted by atomic mass is 9.95. The van der Waals surface area contributed by atoms with Gasteiger partial charge in [-0.1, -0.05) is 24.3 Å². The Bertz CT molecular complexity index is 875. The van der Waals surface area contributed by atoms with Gasteiger partial charge in [0.05, 0.1) is 5.56 Å². The minimum atomic E-state index is -4.78. The Hall–Kier alpha value is -1.68. The average Bonchev–Trinajstić information content (AvgIpc) is 2.59. The first-order valence-corrected chi connectivity index (χ1v) is 9.09. The first-order valence-electron chi connectivity index (χ1n) is 7.61. The second kappa shape index (κ2) is 7.91. The Balaban J connectivity index is 0.00000243. The highest BCUT2D eigenvalue weighted by atomic mass is 35.5. The van der Waals surface area contributed by atoms with Crippen molar-refractivity contribution in [3.05, 3.63) is 59.4 Å². The van der Waals surface area contributed by atoms with E-state index in [1.54, 1.807) is 0 Å². The highest BCUT2D eigenvalue weighted by molar-refractivity contribution is 7.89. The topological polar surface area (TPSA) is 71.1 Å². The summed E-state index contributed by atoms with van der Waals surface area (Å²) in [6.45, 7) is 0.621. The van der Waals surface area contributed by atoms with Crippen LogP contribution in [0, 0.1) is 0 Å². The van der Waals surface area contributed by atoms with Crippen molar-refractivity contribution in [1.29, 1.82) is 0 Å². The molecule has 142 valence electrons. The number of nitrogens with zero attached hydrogens (tertiary/aromatic N) is 1. The van der Waals surface area contributed by atoms with Crippen LogP contribution < -0.4 is 10.0 Å². The number of sulfonamides is 1. The zero-order chi connectivity index (χ0) is 18.1. The molecule has 0 fully saturated rings. The molecule has 1 unspecified atom stereocenters. The number of hydrogen-bond donors (Lipinski definition) is 2. The number of pyridine rings is 1. The van der Waals surface area contributed by atoms with Crippen LogP contribution in [0.2, 0.25) is 0 Å². The third-order valence-electron chi connectivity index (χ3n) is 4.07. The van der Waals surface area contributed by atoms with Gasteiger partial charge in [-0.25, -0.2) is 13.1 Å². The second-order valence-electron chi connectivity index (χ2n) is 5.68. The predicted octanol–water partition coefficient (Wildman–Crippen LogP) is 2.69. The Labute approximate surface area is 155 Å². The minimum absolute atomic E-state index is 0. The van der Waals surface area contributed by atoms with Crippen molar-refractivity contribution in [3.8, 4) is 0 Å². The van der Waals surface area contributed by atoms with E-state index in [2.05, 4.69) is 15.0 Å². The van der Waals surface area contributed by atoms with Gasteiger partial charge in [-0.05, 0) is 30.2 Å². The van der Waals surface area contributed by atoms with Gasteiger partial charge in [0.2, 0.25) is 10.0 Å². The number of fused-ring (bicyclic) bond motifs is 1. The summed E-state index contributed by atoms with van der Waals surface area (Å²) in [5, 5.41) is 3.18. The van der Waals surface area contributed by atoms with E-state index in [1.165, 1.54) is 0 Å². The van der Waals surface area contributed by atoms with Crippen molar-refractivity contribution in [1.82, 2.24) is 15.0 Å². The van der Waals surface area contributed by atoms with Crippen molar-refractivity contribution < 1.29 is 21.6 Å². The lowest BCUT2D eigenvalue weighted by Gasteiger charge is -2.27. The molecule has 1 aliphatic heterocycles. The van der Waals surface area contributed by atoms with E-state index in [1.807, 2.05) is 24.3 Å². The molecule has 2 aromatic rings. The Morgan fingerprint density at radius 2 is 1.96 bits per heavy atom.